The molecule has 2 saturated heterocycles. The first kappa shape index (κ1) is 16.4. The summed E-state index contributed by atoms with van der Waals surface area (Å²) in [6.45, 7) is 3.02. The van der Waals surface area contributed by atoms with E-state index in [9.17, 15) is 8.78 Å². The molecule has 0 N–H and O–H groups in total. The lowest BCUT2D eigenvalue weighted by atomic mass is 10.0. The average molecular weight is 329 g/mol. The smallest absolute Gasteiger partial charge is 0.200 e. The molecular formula is C16H21F2NO4. The number of nitrogens with zero attached hydrogens (tertiary/aromatic N) is 1. The highest BCUT2D eigenvalue weighted by molar-refractivity contribution is 5.52. The van der Waals surface area contributed by atoms with Crippen molar-refractivity contribution in [1.29, 1.82) is 0 Å². The van der Waals surface area contributed by atoms with E-state index in [-0.39, 0.29) is 12.4 Å². The van der Waals surface area contributed by atoms with Gasteiger partial charge in [0.15, 0.2) is 17.4 Å². The molecule has 0 aromatic heterocycles. The van der Waals surface area contributed by atoms with E-state index in [1.54, 1.807) is 0 Å². The topological polar surface area (TPSA) is 40.2 Å². The van der Waals surface area contributed by atoms with E-state index in [0.29, 0.717) is 51.4 Å². The molecule has 2 heterocycles. The molecule has 2 aliphatic heterocycles. The second-order valence-electron chi connectivity index (χ2n) is 5.68. The number of rotatable bonds is 5. The van der Waals surface area contributed by atoms with Crippen molar-refractivity contribution in [3.8, 4) is 5.75 Å². The standard InChI is InChI=1S/C16H21F2NO4/c1-20-6-7-21-14-11-12(10-13(17)15(14)18)19-4-2-16(3-5-19)22-8-9-23-16/h10-11H,2-9H2,1H3. The van der Waals surface area contributed by atoms with Gasteiger partial charge in [-0.05, 0) is 0 Å². The van der Waals surface area contributed by atoms with E-state index in [4.69, 9.17) is 18.9 Å². The molecular weight excluding hydrogens is 308 g/mol. The van der Waals surface area contributed by atoms with Crippen LogP contribution in [0, 0.1) is 11.6 Å². The third-order valence-corrected chi connectivity index (χ3v) is 4.23. The first-order valence-corrected chi connectivity index (χ1v) is 7.77. The van der Waals surface area contributed by atoms with E-state index in [2.05, 4.69) is 0 Å². The highest BCUT2D eigenvalue weighted by atomic mass is 19.2. The van der Waals surface area contributed by atoms with Crippen molar-refractivity contribution in [1.82, 2.24) is 0 Å². The number of methoxy groups -OCH3 is 1. The summed E-state index contributed by atoms with van der Waals surface area (Å²) in [4.78, 5) is 1.99. The maximum Gasteiger partial charge on any atom is 0.200 e. The van der Waals surface area contributed by atoms with Crippen LogP contribution >= 0.6 is 0 Å². The Labute approximate surface area is 134 Å². The first-order chi connectivity index (χ1) is 11.1. The molecule has 0 saturated carbocycles. The highest BCUT2D eigenvalue weighted by Gasteiger charge is 2.40. The highest BCUT2D eigenvalue weighted by Crippen LogP contribution is 2.35. The van der Waals surface area contributed by atoms with Crippen molar-refractivity contribution in [2.45, 2.75) is 18.6 Å². The third kappa shape index (κ3) is 3.57. The van der Waals surface area contributed by atoms with Crippen molar-refractivity contribution < 1.29 is 27.7 Å². The van der Waals surface area contributed by atoms with Gasteiger partial charge in [0.1, 0.15) is 6.61 Å². The second kappa shape index (κ2) is 6.98. The number of hydrogen-bond acceptors (Lipinski definition) is 5. The predicted molar refractivity (Wildman–Crippen MR) is 79.8 cm³/mol. The number of anilines is 1. The molecule has 3 rings (SSSR count). The molecule has 0 atom stereocenters. The predicted octanol–water partition coefficient (Wildman–Crippen LogP) is 2.33. The minimum Gasteiger partial charge on any atom is -0.488 e. The van der Waals surface area contributed by atoms with Crippen LogP contribution in [0.25, 0.3) is 0 Å². The molecule has 2 aliphatic rings. The van der Waals surface area contributed by atoms with Gasteiger partial charge in [-0.2, -0.15) is 4.39 Å². The van der Waals surface area contributed by atoms with Crippen LogP contribution in [-0.2, 0) is 14.2 Å². The lowest BCUT2D eigenvalue weighted by molar-refractivity contribution is -0.169. The van der Waals surface area contributed by atoms with Crippen molar-refractivity contribution >= 4 is 5.69 Å². The van der Waals surface area contributed by atoms with Crippen molar-refractivity contribution in [3.05, 3.63) is 23.8 Å². The Morgan fingerprint density at radius 1 is 1.13 bits per heavy atom. The number of piperidine rings is 1. The van der Waals surface area contributed by atoms with Crippen LogP contribution in [-0.4, -0.2) is 52.4 Å². The fraction of sp³-hybridized carbons (Fsp3) is 0.625. The van der Waals surface area contributed by atoms with Gasteiger partial charge in [0.05, 0.1) is 19.8 Å². The fourth-order valence-corrected chi connectivity index (χ4v) is 2.96. The number of ether oxygens (including phenoxy) is 4. The average Bonchev–Trinajstić information content (AvgIpc) is 3.00. The molecule has 5 nitrogen and oxygen atoms in total. The van der Waals surface area contributed by atoms with Gasteiger partial charge in [-0.25, -0.2) is 4.39 Å². The zero-order valence-corrected chi connectivity index (χ0v) is 13.1. The van der Waals surface area contributed by atoms with E-state index >= 15 is 0 Å². The zero-order valence-electron chi connectivity index (χ0n) is 13.1. The maximum absolute atomic E-state index is 13.8. The summed E-state index contributed by atoms with van der Waals surface area (Å²) in [5.74, 6) is -2.47. The number of hydrogen-bond donors (Lipinski definition) is 0. The summed E-state index contributed by atoms with van der Waals surface area (Å²) >= 11 is 0. The van der Waals surface area contributed by atoms with E-state index in [1.807, 2.05) is 4.90 Å². The Balaban J connectivity index is 1.70. The molecule has 128 valence electrons. The van der Waals surface area contributed by atoms with Crippen LogP contribution in [0.1, 0.15) is 12.8 Å². The summed E-state index contributed by atoms with van der Waals surface area (Å²) in [5.41, 5.74) is 0.601. The van der Waals surface area contributed by atoms with Crippen molar-refractivity contribution in [3.63, 3.8) is 0 Å². The number of halogens is 2. The second-order valence-corrected chi connectivity index (χ2v) is 5.68. The van der Waals surface area contributed by atoms with Crippen LogP contribution < -0.4 is 9.64 Å². The number of benzene rings is 1. The van der Waals surface area contributed by atoms with Crippen molar-refractivity contribution in [2.75, 3.05) is 51.5 Å². The first-order valence-electron chi connectivity index (χ1n) is 7.77. The van der Waals surface area contributed by atoms with Gasteiger partial charge < -0.3 is 23.8 Å². The molecule has 0 unspecified atom stereocenters. The molecule has 1 aromatic rings. The van der Waals surface area contributed by atoms with Gasteiger partial charge in [-0.15, -0.1) is 0 Å². The molecule has 0 amide bonds. The summed E-state index contributed by atoms with van der Waals surface area (Å²) in [5, 5.41) is 0. The van der Waals surface area contributed by atoms with Gasteiger partial charge in [0.25, 0.3) is 0 Å². The third-order valence-electron chi connectivity index (χ3n) is 4.23. The summed E-state index contributed by atoms with van der Waals surface area (Å²) in [7, 11) is 1.52. The molecule has 0 bridgehead atoms. The van der Waals surface area contributed by atoms with Crippen LogP contribution in [0.4, 0.5) is 14.5 Å². The summed E-state index contributed by atoms with van der Waals surface area (Å²) in [6, 6.07) is 2.73. The van der Waals surface area contributed by atoms with E-state index in [1.165, 1.54) is 19.2 Å². The lowest BCUT2D eigenvalue weighted by Gasteiger charge is -2.38. The molecule has 1 aromatic carbocycles. The molecule has 1 spiro atoms. The van der Waals surface area contributed by atoms with Crippen LogP contribution in [0.2, 0.25) is 0 Å². The SMILES string of the molecule is COCCOc1cc(N2CCC3(CC2)OCCO3)cc(F)c1F. The minimum absolute atomic E-state index is 0.0919. The molecule has 0 radical (unpaired) electrons. The van der Waals surface area contributed by atoms with E-state index < -0.39 is 17.4 Å². The Morgan fingerprint density at radius 2 is 1.83 bits per heavy atom. The summed E-state index contributed by atoms with van der Waals surface area (Å²) in [6.07, 6.45) is 1.40. The molecule has 7 heteroatoms. The fourth-order valence-electron chi connectivity index (χ4n) is 2.96. The van der Waals surface area contributed by atoms with Crippen LogP contribution in [0.15, 0.2) is 12.1 Å². The maximum atomic E-state index is 13.8. The Bertz CT molecular complexity index is 539. The Morgan fingerprint density at radius 3 is 2.48 bits per heavy atom. The van der Waals surface area contributed by atoms with Gasteiger partial charge >= 0.3 is 0 Å². The monoisotopic (exact) mass is 329 g/mol. The largest absolute Gasteiger partial charge is 0.488 e. The van der Waals surface area contributed by atoms with Crippen molar-refractivity contribution in [2.24, 2.45) is 0 Å². The molecule has 2 fully saturated rings. The van der Waals surface area contributed by atoms with Crippen LogP contribution in [0.3, 0.4) is 0 Å². The van der Waals surface area contributed by atoms with Gasteiger partial charge in [-0.3, -0.25) is 0 Å². The molecule has 0 aliphatic carbocycles. The minimum atomic E-state index is -0.971. The quantitative estimate of drug-likeness (QED) is 0.776. The zero-order chi connectivity index (χ0) is 16.3. The Hall–Kier alpha value is -1.44. The summed E-state index contributed by atoms with van der Waals surface area (Å²) < 4.78 is 49.1. The normalized spacial score (nSPS) is 20.2. The van der Waals surface area contributed by atoms with Gasteiger partial charge in [-0.1, -0.05) is 0 Å². The van der Waals surface area contributed by atoms with Gasteiger partial charge in [0, 0.05) is 50.9 Å². The van der Waals surface area contributed by atoms with E-state index in [0.717, 1.165) is 0 Å². The van der Waals surface area contributed by atoms with Gasteiger partial charge in [0.2, 0.25) is 5.82 Å². The lowest BCUT2D eigenvalue weighted by Crippen LogP contribution is -2.45. The molecule has 23 heavy (non-hydrogen) atoms. The van der Waals surface area contributed by atoms with Crippen LogP contribution in [0.5, 0.6) is 5.75 Å². The Kier molecular flexibility index (Phi) is 4.99.